The highest BCUT2D eigenvalue weighted by atomic mass is 32.1. The minimum Gasteiger partial charge on any atom is -0.497 e. The second-order valence-electron chi connectivity index (χ2n) is 6.17. The second-order valence-corrected chi connectivity index (χ2v) is 6.98. The van der Waals surface area contributed by atoms with Crippen molar-refractivity contribution in [3.05, 3.63) is 54.0 Å². The largest absolute Gasteiger partial charge is 0.497 e. The first kappa shape index (κ1) is 15.4. The molecule has 24 heavy (non-hydrogen) atoms. The molecule has 1 aliphatic rings. The summed E-state index contributed by atoms with van der Waals surface area (Å²) in [5.41, 5.74) is 2.35. The first-order valence-corrected chi connectivity index (χ1v) is 8.96. The second kappa shape index (κ2) is 6.40. The molecule has 0 radical (unpaired) electrons. The number of piperidine rings is 1. The molecule has 0 unspecified atom stereocenters. The topological polar surface area (TPSA) is 25.4 Å². The van der Waals surface area contributed by atoms with E-state index in [4.69, 9.17) is 4.74 Å². The van der Waals surface area contributed by atoms with E-state index in [0.29, 0.717) is 5.92 Å². The van der Waals surface area contributed by atoms with Crippen LogP contribution in [0, 0.1) is 5.82 Å². The Morgan fingerprint density at radius 1 is 1.17 bits per heavy atom. The Bertz CT molecular complexity index is 855. The molecule has 0 atom stereocenters. The minimum absolute atomic E-state index is 0.189. The Labute approximate surface area is 144 Å². The van der Waals surface area contributed by atoms with Crippen LogP contribution in [-0.4, -0.2) is 24.6 Å². The van der Waals surface area contributed by atoms with Crippen LogP contribution in [0.2, 0.25) is 0 Å². The summed E-state index contributed by atoms with van der Waals surface area (Å²) in [7, 11) is 1.70. The van der Waals surface area contributed by atoms with E-state index in [9.17, 15) is 4.39 Å². The predicted molar refractivity (Wildman–Crippen MR) is 96.8 cm³/mol. The van der Waals surface area contributed by atoms with E-state index >= 15 is 0 Å². The van der Waals surface area contributed by atoms with Crippen molar-refractivity contribution in [2.24, 2.45) is 0 Å². The number of hydrogen-bond donors (Lipinski definition) is 0. The van der Waals surface area contributed by atoms with E-state index in [-0.39, 0.29) is 5.82 Å². The summed E-state index contributed by atoms with van der Waals surface area (Å²) in [6.07, 6.45) is 2.13. The molecule has 1 aliphatic heterocycles. The number of benzene rings is 2. The molecule has 124 valence electrons. The lowest BCUT2D eigenvalue weighted by molar-refractivity contribution is 0.414. The van der Waals surface area contributed by atoms with Crippen LogP contribution in [-0.2, 0) is 0 Å². The van der Waals surface area contributed by atoms with Crippen molar-refractivity contribution in [1.29, 1.82) is 0 Å². The summed E-state index contributed by atoms with van der Waals surface area (Å²) in [4.78, 5) is 2.40. The fourth-order valence-corrected chi connectivity index (χ4v) is 4.32. The molecule has 2 heterocycles. The van der Waals surface area contributed by atoms with Gasteiger partial charge in [0.25, 0.3) is 0 Å². The van der Waals surface area contributed by atoms with Crippen LogP contribution in [0.5, 0.6) is 5.75 Å². The van der Waals surface area contributed by atoms with Crippen LogP contribution in [0.25, 0.3) is 10.1 Å². The number of nitrogens with zero attached hydrogens (tertiary/aromatic N) is 2. The summed E-state index contributed by atoms with van der Waals surface area (Å²) in [6, 6.07) is 13.2. The normalized spacial score (nSPS) is 15.8. The van der Waals surface area contributed by atoms with Gasteiger partial charge in [0.05, 0.1) is 17.5 Å². The van der Waals surface area contributed by atoms with Crippen LogP contribution < -0.4 is 9.64 Å². The van der Waals surface area contributed by atoms with Crippen LogP contribution >= 0.6 is 11.5 Å². The van der Waals surface area contributed by atoms with Gasteiger partial charge < -0.3 is 9.64 Å². The summed E-state index contributed by atoms with van der Waals surface area (Å²) in [5.74, 6) is 1.15. The highest BCUT2D eigenvalue weighted by molar-refractivity contribution is 7.13. The van der Waals surface area contributed by atoms with E-state index < -0.39 is 0 Å². The van der Waals surface area contributed by atoms with Crippen LogP contribution in [0.3, 0.4) is 0 Å². The van der Waals surface area contributed by atoms with E-state index in [0.717, 1.165) is 47.5 Å². The Balaban J connectivity index is 1.51. The summed E-state index contributed by atoms with van der Waals surface area (Å²) < 4.78 is 24.2. The molecule has 1 aromatic heterocycles. The van der Waals surface area contributed by atoms with Crippen LogP contribution in [0.4, 0.5) is 10.1 Å². The average Bonchev–Trinajstić information content (AvgIpc) is 3.05. The van der Waals surface area contributed by atoms with Crippen molar-refractivity contribution in [2.75, 3.05) is 25.1 Å². The maximum Gasteiger partial charge on any atom is 0.124 e. The van der Waals surface area contributed by atoms with Gasteiger partial charge in [-0.3, -0.25) is 0 Å². The Hall–Kier alpha value is -2.14. The zero-order chi connectivity index (χ0) is 16.5. The first-order chi connectivity index (χ1) is 11.7. The van der Waals surface area contributed by atoms with Crippen molar-refractivity contribution in [3.63, 3.8) is 0 Å². The number of fused-ring (bicyclic) bond motifs is 1. The molecule has 0 saturated carbocycles. The number of ether oxygens (including phenoxy) is 1. The highest BCUT2D eigenvalue weighted by Crippen LogP contribution is 2.36. The van der Waals surface area contributed by atoms with Gasteiger partial charge in [-0.2, -0.15) is 4.37 Å². The highest BCUT2D eigenvalue weighted by Gasteiger charge is 2.24. The molecule has 3 nitrogen and oxygen atoms in total. The van der Waals surface area contributed by atoms with Gasteiger partial charge in [0.1, 0.15) is 11.6 Å². The van der Waals surface area contributed by atoms with Gasteiger partial charge in [0.15, 0.2) is 0 Å². The number of anilines is 1. The first-order valence-electron chi connectivity index (χ1n) is 8.18. The number of methoxy groups -OCH3 is 1. The Morgan fingerprint density at radius 3 is 2.79 bits per heavy atom. The SMILES string of the molecule is COc1cccc(N2CCC(c3nsc4cc(F)ccc34)CC2)c1. The van der Waals surface area contributed by atoms with Gasteiger partial charge in [-0.1, -0.05) is 6.07 Å². The third-order valence-electron chi connectivity index (χ3n) is 4.76. The molecule has 0 spiro atoms. The third kappa shape index (κ3) is 2.84. The van der Waals surface area contributed by atoms with Crippen LogP contribution in [0.15, 0.2) is 42.5 Å². The van der Waals surface area contributed by atoms with Gasteiger partial charge >= 0.3 is 0 Å². The fourth-order valence-electron chi connectivity index (χ4n) is 3.44. The lowest BCUT2D eigenvalue weighted by Gasteiger charge is -2.33. The molecule has 0 amide bonds. The number of rotatable bonds is 3. The Kier molecular flexibility index (Phi) is 4.10. The lowest BCUT2D eigenvalue weighted by atomic mass is 9.91. The van der Waals surface area contributed by atoms with Crippen molar-refractivity contribution >= 4 is 27.3 Å². The van der Waals surface area contributed by atoms with Crippen molar-refractivity contribution in [1.82, 2.24) is 4.37 Å². The quantitative estimate of drug-likeness (QED) is 0.682. The monoisotopic (exact) mass is 342 g/mol. The van der Waals surface area contributed by atoms with Crippen molar-refractivity contribution < 1.29 is 9.13 Å². The molecular weight excluding hydrogens is 323 g/mol. The average molecular weight is 342 g/mol. The predicted octanol–water partition coefficient (Wildman–Crippen LogP) is 4.83. The van der Waals surface area contributed by atoms with Gasteiger partial charge in [-0.15, -0.1) is 0 Å². The molecule has 1 fully saturated rings. The van der Waals surface area contributed by atoms with Gasteiger partial charge in [-0.25, -0.2) is 4.39 Å². The molecular formula is C19H19FN2OS. The number of aromatic nitrogens is 1. The number of halogens is 1. The smallest absolute Gasteiger partial charge is 0.124 e. The molecule has 0 aliphatic carbocycles. The molecule has 3 aromatic rings. The zero-order valence-corrected chi connectivity index (χ0v) is 14.4. The lowest BCUT2D eigenvalue weighted by Crippen LogP contribution is -2.32. The van der Waals surface area contributed by atoms with Gasteiger partial charge in [0.2, 0.25) is 0 Å². The molecule has 0 N–H and O–H groups in total. The van der Waals surface area contributed by atoms with Crippen LogP contribution in [0.1, 0.15) is 24.5 Å². The molecule has 4 rings (SSSR count). The molecule has 1 saturated heterocycles. The van der Waals surface area contributed by atoms with E-state index in [1.54, 1.807) is 13.2 Å². The van der Waals surface area contributed by atoms with E-state index in [1.165, 1.54) is 23.3 Å². The maximum absolute atomic E-state index is 13.4. The standard InChI is InChI=1S/C19H19FN2OS/c1-23-16-4-2-3-15(12-16)22-9-7-13(8-10-22)19-17-6-5-14(20)11-18(17)24-21-19/h2-6,11-13H,7-10H2,1H3. The molecule has 0 bridgehead atoms. The molecule has 2 aromatic carbocycles. The van der Waals surface area contributed by atoms with Gasteiger partial charge in [0, 0.05) is 36.1 Å². The summed E-state index contributed by atoms with van der Waals surface area (Å²) in [5, 5.41) is 1.11. The Morgan fingerprint density at radius 2 is 2.00 bits per heavy atom. The summed E-state index contributed by atoms with van der Waals surface area (Å²) >= 11 is 1.40. The minimum atomic E-state index is -0.189. The van der Waals surface area contributed by atoms with Gasteiger partial charge in [-0.05, 0) is 54.7 Å². The molecule has 5 heteroatoms. The van der Waals surface area contributed by atoms with Crippen molar-refractivity contribution in [3.8, 4) is 5.75 Å². The third-order valence-corrected chi connectivity index (χ3v) is 5.58. The fraction of sp³-hybridized carbons (Fsp3) is 0.316. The van der Waals surface area contributed by atoms with E-state index in [1.807, 2.05) is 18.2 Å². The zero-order valence-electron chi connectivity index (χ0n) is 13.5. The summed E-state index contributed by atoms with van der Waals surface area (Å²) in [6.45, 7) is 2.00. The maximum atomic E-state index is 13.4. The van der Waals surface area contributed by atoms with E-state index in [2.05, 4.69) is 21.4 Å². The van der Waals surface area contributed by atoms with Crippen molar-refractivity contribution in [2.45, 2.75) is 18.8 Å². The number of hydrogen-bond acceptors (Lipinski definition) is 4.